The van der Waals surface area contributed by atoms with Gasteiger partial charge in [-0.05, 0) is 48.5 Å². The van der Waals surface area contributed by atoms with Gasteiger partial charge in [-0.2, -0.15) is 0 Å². The molecule has 1 fully saturated rings. The third kappa shape index (κ3) is 3.59. The van der Waals surface area contributed by atoms with Crippen LogP contribution in [0, 0.1) is 5.92 Å². The molecule has 1 heterocycles. The van der Waals surface area contributed by atoms with E-state index in [0.717, 1.165) is 15.9 Å². The summed E-state index contributed by atoms with van der Waals surface area (Å²) in [6.45, 7) is 0.391. The van der Waals surface area contributed by atoms with E-state index in [0.29, 0.717) is 12.2 Å². The highest BCUT2D eigenvalue weighted by atomic mass is 79.9. The Kier molecular flexibility index (Phi) is 4.85. The van der Waals surface area contributed by atoms with Gasteiger partial charge >= 0.3 is 0 Å². The molecule has 2 amide bonds. The van der Waals surface area contributed by atoms with Crippen molar-refractivity contribution in [2.24, 2.45) is 5.92 Å². The first-order valence-corrected chi connectivity index (χ1v) is 8.37. The van der Waals surface area contributed by atoms with Crippen molar-refractivity contribution in [1.29, 1.82) is 0 Å². The van der Waals surface area contributed by atoms with Gasteiger partial charge in [0.1, 0.15) is 5.75 Å². The van der Waals surface area contributed by atoms with Gasteiger partial charge in [-0.1, -0.05) is 15.9 Å². The number of hydrogen-bond acceptors (Lipinski definition) is 3. The van der Waals surface area contributed by atoms with Gasteiger partial charge in [-0.15, -0.1) is 0 Å². The van der Waals surface area contributed by atoms with Gasteiger partial charge < -0.3 is 15.0 Å². The number of halogens is 1. The van der Waals surface area contributed by atoms with Crippen molar-refractivity contribution in [3.05, 3.63) is 53.0 Å². The second-order valence-corrected chi connectivity index (χ2v) is 6.52. The molecule has 0 aliphatic carbocycles. The van der Waals surface area contributed by atoms with E-state index in [4.69, 9.17) is 4.74 Å². The van der Waals surface area contributed by atoms with E-state index < -0.39 is 0 Å². The zero-order chi connectivity index (χ0) is 17.1. The number of benzene rings is 2. The molecule has 2 aromatic rings. The minimum Gasteiger partial charge on any atom is -0.497 e. The predicted molar refractivity (Wildman–Crippen MR) is 96.2 cm³/mol. The normalized spacial score (nSPS) is 17.0. The molecule has 0 bridgehead atoms. The molecule has 0 spiro atoms. The van der Waals surface area contributed by atoms with Crippen LogP contribution in [0.4, 0.5) is 11.4 Å². The van der Waals surface area contributed by atoms with E-state index in [1.54, 1.807) is 36.3 Å². The van der Waals surface area contributed by atoms with Crippen LogP contribution in [0.5, 0.6) is 5.75 Å². The lowest BCUT2D eigenvalue weighted by Crippen LogP contribution is -2.28. The molecule has 2 aromatic carbocycles. The highest BCUT2D eigenvalue weighted by Crippen LogP contribution is 2.27. The van der Waals surface area contributed by atoms with Crippen molar-refractivity contribution in [2.75, 3.05) is 23.9 Å². The summed E-state index contributed by atoms with van der Waals surface area (Å²) in [6, 6.07) is 14.6. The quantitative estimate of drug-likeness (QED) is 0.872. The van der Waals surface area contributed by atoms with E-state index in [9.17, 15) is 9.59 Å². The summed E-state index contributed by atoms with van der Waals surface area (Å²) in [5.41, 5.74) is 1.50. The predicted octanol–water partition coefficient (Wildman–Crippen LogP) is 3.45. The van der Waals surface area contributed by atoms with Crippen LogP contribution in [-0.2, 0) is 9.59 Å². The maximum atomic E-state index is 12.4. The molecule has 1 saturated heterocycles. The number of nitrogens with one attached hydrogen (secondary N) is 1. The Labute approximate surface area is 148 Å². The largest absolute Gasteiger partial charge is 0.497 e. The number of ether oxygens (including phenoxy) is 1. The molecule has 5 nitrogen and oxygen atoms in total. The van der Waals surface area contributed by atoms with Crippen LogP contribution in [0.25, 0.3) is 0 Å². The van der Waals surface area contributed by atoms with Gasteiger partial charge in [0.2, 0.25) is 11.8 Å². The van der Waals surface area contributed by atoms with E-state index in [-0.39, 0.29) is 24.2 Å². The Bertz CT molecular complexity index is 744. The average molecular weight is 389 g/mol. The van der Waals surface area contributed by atoms with Crippen LogP contribution in [0.15, 0.2) is 53.0 Å². The molecule has 0 radical (unpaired) electrons. The maximum Gasteiger partial charge on any atom is 0.229 e. The number of carbonyl (C=O) groups excluding carboxylic acids is 2. The zero-order valence-electron chi connectivity index (χ0n) is 13.2. The molecular formula is C18H17BrN2O3. The minimum absolute atomic E-state index is 0.0350. The van der Waals surface area contributed by atoms with Gasteiger partial charge in [0, 0.05) is 28.8 Å². The smallest absolute Gasteiger partial charge is 0.229 e. The average Bonchev–Trinajstić information content (AvgIpc) is 2.98. The Hall–Kier alpha value is -2.34. The first-order valence-electron chi connectivity index (χ1n) is 7.57. The Morgan fingerprint density at radius 2 is 1.83 bits per heavy atom. The third-order valence-electron chi connectivity index (χ3n) is 3.99. The molecule has 1 N–H and O–H groups in total. The maximum absolute atomic E-state index is 12.4. The summed E-state index contributed by atoms with van der Waals surface area (Å²) in [4.78, 5) is 26.3. The standard InChI is InChI=1S/C18H17BrN2O3/c1-24-16-8-4-14(5-9-16)20-18(23)12-10-17(22)21(11-12)15-6-2-13(19)3-7-15/h2-9,12H,10-11H2,1H3,(H,20,23)/t12-/m1/s1. The van der Waals surface area contributed by atoms with Gasteiger partial charge in [0.25, 0.3) is 0 Å². The number of rotatable bonds is 4. The van der Waals surface area contributed by atoms with Crippen molar-refractivity contribution < 1.29 is 14.3 Å². The highest BCUT2D eigenvalue weighted by molar-refractivity contribution is 9.10. The topological polar surface area (TPSA) is 58.6 Å². The summed E-state index contributed by atoms with van der Waals surface area (Å²) in [5.74, 6) is 0.189. The second-order valence-electron chi connectivity index (χ2n) is 5.60. The molecule has 0 aromatic heterocycles. The monoisotopic (exact) mass is 388 g/mol. The highest BCUT2D eigenvalue weighted by Gasteiger charge is 2.35. The van der Waals surface area contributed by atoms with Crippen molar-refractivity contribution >= 4 is 39.1 Å². The Balaban J connectivity index is 1.66. The van der Waals surface area contributed by atoms with Crippen molar-refractivity contribution in [1.82, 2.24) is 0 Å². The SMILES string of the molecule is COc1ccc(NC(=O)[C@@H]2CC(=O)N(c3ccc(Br)cc3)C2)cc1. The molecule has 1 aliphatic heterocycles. The van der Waals surface area contributed by atoms with Crippen molar-refractivity contribution in [3.8, 4) is 5.75 Å². The summed E-state index contributed by atoms with van der Waals surface area (Å²) in [5, 5.41) is 2.86. The number of nitrogens with zero attached hydrogens (tertiary/aromatic N) is 1. The summed E-state index contributed by atoms with van der Waals surface area (Å²) < 4.78 is 6.04. The van der Waals surface area contributed by atoms with Gasteiger partial charge in [-0.25, -0.2) is 0 Å². The zero-order valence-corrected chi connectivity index (χ0v) is 14.7. The lowest BCUT2D eigenvalue weighted by atomic mass is 10.1. The first-order chi connectivity index (χ1) is 11.6. The number of hydrogen-bond donors (Lipinski definition) is 1. The molecule has 0 saturated carbocycles. The summed E-state index contributed by atoms with van der Waals surface area (Å²) in [7, 11) is 1.59. The minimum atomic E-state index is -0.358. The molecule has 0 unspecified atom stereocenters. The summed E-state index contributed by atoms with van der Waals surface area (Å²) in [6.07, 6.45) is 0.220. The number of methoxy groups -OCH3 is 1. The van der Waals surface area contributed by atoms with Crippen LogP contribution in [0.3, 0.4) is 0 Å². The Morgan fingerprint density at radius 1 is 1.17 bits per heavy atom. The van der Waals surface area contributed by atoms with Gasteiger partial charge in [0.05, 0.1) is 13.0 Å². The second kappa shape index (κ2) is 7.05. The van der Waals surface area contributed by atoms with E-state index in [1.165, 1.54) is 0 Å². The van der Waals surface area contributed by atoms with Gasteiger partial charge in [0.15, 0.2) is 0 Å². The lowest BCUT2D eigenvalue weighted by molar-refractivity contribution is -0.122. The third-order valence-corrected chi connectivity index (χ3v) is 4.52. The van der Waals surface area contributed by atoms with Crippen LogP contribution in [0.2, 0.25) is 0 Å². The van der Waals surface area contributed by atoms with E-state index in [2.05, 4.69) is 21.2 Å². The summed E-state index contributed by atoms with van der Waals surface area (Å²) >= 11 is 3.38. The first kappa shape index (κ1) is 16.5. The van der Waals surface area contributed by atoms with Crippen LogP contribution < -0.4 is 15.0 Å². The fraction of sp³-hybridized carbons (Fsp3) is 0.222. The Morgan fingerprint density at radius 3 is 2.46 bits per heavy atom. The molecule has 124 valence electrons. The van der Waals surface area contributed by atoms with E-state index in [1.807, 2.05) is 24.3 Å². The molecule has 24 heavy (non-hydrogen) atoms. The number of anilines is 2. The number of carbonyl (C=O) groups is 2. The van der Waals surface area contributed by atoms with Crippen molar-refractivity contribution in [3.63, 3.8) is 0 Å². The van der Waals surface area contributed by atoms with Gasteiger partial charge in [-0.3, -0.25) is 9.59 Å². The van der Waals surface area contributed by atoms with Crippen molar-refractivity contribution in [2.45, 2.75) is 6.42 Å². The number of amides is 2. The molecule has 1 aliphatic rings. The van der Waals surface area contributed by atoms with Crippen LogP contribution >= 0.6 is 15.9 Å². The van der Waals surface area contributed by atoms with E-state index >= 15 is 0 Å². The molecule has 1 atom stereocenters. The molecular weight excluding hydrogens is 372 g/mol. The lowest BCUT2D eigenvalue weighted by Gasteiger charge is -2.16. The fourth-order valence-electron chi connectivity index (χ4n) is 2.67. The fourth-order valence-corrected chi connectivity index (χ4v) is 2.94. The molecule has 3 rings (SSSR count). The van der Waals surface area contributed by atoms with Crippen LogP contribution in [0.1, 0.15) is 6.42 Å². The van der Waals surface area contributed by atoms with Crippen LogP contribution in [-0.4, -0.2) is 25.5 Å². The molecule has 6 heteroatoms.